The van der Waals surface area contributed by atoms with Gasteiger partial charge in [-0.2, -0.15) is 0 Å². The van der Waals surface area contributed by atoms with Crippen LogP contribution in [0.2, 0.25) is 0 Å². The molecule has 2 aromatic rings. The summed E-state index contributed by atoms with van der Waals surface area (Å²) in [6, 6.07) is 13.8. The molecule has 0 radical (unpaired) electrons. The standard InChI is InChI=1S/C22H23N3O3/c26-20-22(17-4-1-2-5-18(17)24-20)9-3-10-25(14-22)21(27)23-13-15-6-7-19-16(12-15)8-11-28-19/h1-2,4-7,12H,3,8-11,13-14H2,(H,23,27)(H,24,26). The number of amides is 3. The van der Waals surface area contributed by atoms with Gasteiger partial charge in [0.2, 0.25) is 5.91 Å². The Bertz CT molecular complexity index is 958. The van der Waals surface area contributed by atoms with Gasteiger partial charge in [0.05, 0.1) is 12.0 Å². The van der Waals surface area contributed by atoms with Crippen LogP contribution in [0.4, 0.5) is 10.5 Å². The fourth-order valence-corrected chi connectivity index (χ4v) is 4.65. The number of benzene rings is 2. The van der Waals surface area contributed by atoms with Crippen molar-refractivity contribution >= 4 is 17.6 Å². The molecule has 1 saturated heterocycles. The fourth-order valence-electron chi connectivity index (χ4n) is 4.65. The Morgan fingerprint density at radius 2 is 2.14 bits per heavy atom. The van der Waals surface area contributed by atoms with Gasteiger partial charge < -0.3 is 20.3 Å². The summed E-state index contributed by atoms with van der Waals surface area (Å²) in [5, 5.41) is 6.01. The molecule has 0 saturated carbocycles. The minimum absolute atomic E-state index is 0.00446. The molecule has 0 bridgehead atoms. The van der Waals surface area contributed by atoms with E-state index in [9.17, 15) is 9.59 Å². The lowest BCUT2D eigenvalue weighted by Gasteiger charge is -2.39. The summed E-state index contributed by atoms with van der Waals surface area (Å²) in [5.74, 6) is 0.948. The number of nitrogens with zero attached hydrogens (tertiary/aromatic N) is 1. The van der Waals surface area contributed by atoms with Crippen LogP contribution in [-0.2, 0) is 23.2 Å². The topological polar surface area (TPSA) is 70.7 Å². The molecule has 28 heavy (non-hydrogen) atoms. The van der Waals surface area contributed by atoms with Crippen molar-refractivity contribution in [3.8, 4) is 5.75 Å². The second-order valence-corrected chi connectivity index (χ2v) is 7.81. The molecule has 6 heteroatoms. The second kappa shape index (κ2) is 6.55. The van der Waals surface area contributed by atoms with Crippen LogP contribution in [-0.4, -0.2) is 36.5 Å². The highest BCUT2D eigenvalue weighted by molar-refractivity contribution is 6.06. The fraction of sp³-hybridized carbons (Fsp3) is 0.364. The molecule has 3 aliphatic rings. The van der Waals surface area contributed by atoms with E-state index >= 15 is 0 Å². The Labute approximate surface area is 163 Å². The highest BCUT2D eigenvalue weighted by atomic mass is 16.5. The highest BCUT2D eigenvalue weighted by Crippen LogP contribution is 2.43. The Hall–Kier alpha value is -3.02. The Morgan fingerprint density at radius 1 is 1.25 bits per heavy atom. The number of piperidine rings is 1. The molecule has 3 aliphatic heterocycles. The third-order valence-corrected chi connectivity index (χ3v) is 6.10. The number of likely N-dealkylation sites (tertiary alicyclic amines) is 1. The molecule has 3 amide bonds. The molecule has 1 spiro atoms. The van der Waals surface area contributed by atoms with E-state index in [2.05, 4.69) is 16.7 Å². The third kappa shape index (κ3) is 2.71. The highest BCUT2D eigenvalue weighted by Gasteiger charge is 2.49. The van der Waals surface area contributed by atoms with E-state index in [-0.39, 0.29) is 11.9 Å². The molecule has 1 atom stereocenters. The van der Waals surface area contributed by atoms with Crippen LogP contribution in [0.1, 0.15) is 29.5 Å². The van der Waals surface area contributed by atoms with Crippen molar-refractivity contribution in [1.82, 2.24) is 10.2 Å². The summed E-state index contributed by atoms with van der Waals surface area (Å²) in [4.78, 5) is 27.4. The third-order valence-electron chi connectivity index (χ3n) is 6.10. The molecular weight excluding hydrogens is 354 g/mol. The minimum Gasteiger partial charge on any atom is -0.493 e. The van der Waals surface area contributed by atoms with E-state index in [1.54, 1.807) is 4.90 Å². The van der Waals surface area contributed by atoms with Crippen LogP contribution in [0.25, 0.3) is 0 Å². The largest absolute Gasteiger partial charge is 0.493 e. The van der Waals surface area contributed by atoms with Crippen LogP contribution >= 0.6 is 0 Å². The van der Waals surface area contributed by atoms with Crippen LogP contribution in [0.5, 0.6) is 5.75 Å². The Balaban J connectivity index is 1.29. The van der Waals surface area contributed by atoms with Crippen molar-refractivity contribution in [2.75, 3.05) is 25.0 Å². The first kappa shape index (κ1) is 17.1. The summed E-state index contributed by atoms with van der Waals surface area (Å²) in [7, 11) is 0. The van der Waals surface area contributed by atoms with Crippen molar-refractivity contribution in [1.29, 1.82) is 0 Å². The lowest BCUT2D eigenvalue weighted by Crippen LogP contribution is -2.54. The maximum absolute atomic E-state index is 12.8. The van der Waals surface area contributed by atoms with E-state index in [4.69, 9.17) is 4.74 Å². The lowest BCUT2D eigenvalue weighted by atomic mass is 9.75. The lowest BCUT2D eigenvalue weighted by molar-refractivity contribution is -0.122. The predicted molar refractivity (Wildman–Crippen MR) is 105 cm³/mol. The maximum atomic E-state index is 12.8. The first-order chi connectivity index (χ1) is 13.7. The zero-order valence-electron chi connectivity index (χ0n) is 15.7. The quantitative estimate of drug-likeness (QED) is 0.846. The van der Waals surface area contributed by atoms with Gasteiger partial charge in [-0.3, -0.25) is 4.79 Å². The van der Waals surface area contributed by atoms with Crippen LogP contribution < -0.4 is 15.4 Å². The predicted octanol–water partition coefficient (Wildman–Crippen LogP) is 2.82. The van der Waals surface area contributed by atoms with Crippen LogP contribution in [0, 0.1) is 0 Å². The molecule has 2 N–H and O–H groups in total. The van der Waals surface area contributed by atoms with E-state index in [0.717, 1.165) is 48.4 Å². The van der Waals surface area contributed by atoms with Crippen molar-refractivity contribution in [2.24, 2.45) is 0 Å². The summed E-state index contributed by atoms with van der Waals surface area (Å²) in [5.41, 5.74) is 3.51. The first-order valence-electron chi connectivity index (χ1n) is 9.84. The SMILES string of the molecule is O=C(NCc1ccc2c(c1)CCO2)N1CCCC2(C1)C(=O)Nc1ccccc12. The summed E-state index contributed by atoms with van der Waals surface area (Å²) < 4.78 is 5.53. The van der Waals surface area contributed by atoms with Crippen molar-refractivity contribution in [3.63, 3.8) is 0 Å². The Kier molecular flexibility index (Phi) is 4.00. The number of hydrogen-bond donors (Lipinski definition) is 2. The van der Waals surface area contributed by atoms with Crippen molar-refractivity contribution in [2.45, 2.75) is 31.2 Å². The van der Waals surface area contributed by atoms with Crippen molar-refractivity contribution < 1.29 is 14.3 Å². The number of carbonyl (C=O) groups excluding carboxylic acids is 2. The molecular formula is C22H23N3O3. The normalized spacial score (nSPS) is 22.4. The summed E-state index contributed by atoms with van der Waals surface area (Å²) in [6.45, 7) is 2.28. The van der Waals surface area contributed by atoms with Gasteiger partial charge in [-0.25, -0.2) is 4.79 Å². The smallest absolute Gasteiger partial charge is 0.317 e. The number of rotatable bonds is 2. The van der Waals surface area contributed by atoms with Gasteiger partial charge in [0.25, 0.3) is 0 Å². The molecule has 1 unspecified atom stereocenters. The second-order valence-electron chi connectivity index (χ2n) is 7.81. The van der Waals surface area contributed by atoms with Gasteiger partial charge in [-0.1, -0.05) is 30.3 Å². The molecule has 144 valence electrons. The number of ether oxygens (including phenoxy) is 1. The zero-order valence-corrected chi connectivity index (χ0v) is 15.7. The minimum atomic E-state index is -0.628. The van der Waals surface area contributed by atoms with Gasteiger partial charge in [0.15, 0.2) is 0 Å². The van der Waals surface area contributed by atoms with Gasteiger partial charge in [-0.15, -0.1) is 0 Å². The maximum Gasteiger partial charge on any atom is 0.317 e. The van der Waals surface area contributed by atoms with E-state index in [1.165, 1.54) is 5.56 Å². The summed E-state index contributed by atoms with van der Waals surface area (Å²) >= 11 is 0. The van der Waals surface area contributed by atoms with Crippen molar-refractivity contribution in [3.05, 3.63) is 59.2 Å². The van der Waals surface area contributed by atoms with Crippen LogP contribution in [0.3, 0.4) is 0 Å². The van der Waals surface area contributed by atoms with Gasteiger partial charge >= 0.3 is 6.03 Å². The number of anilines is 1. The molecule has 0 aliphatic carbocycles. The van der Waals surface area contributed by atoms with Gasteiger partial charge in [-0.05, 0) is 41.7 Å². The average Bonchev–Trinajstić information content (AvgIpc) is 3.29. The molecule has 0 aromatic heterocycles. The first-order valence-corrected chi connectivity index (χ1v) is 9.84. The van der Waals surface area contributed by atoms with Gasteiger partial charge in [0.1, 0.15) is 5.75 Å². The average molecular weight is 377 g/mol. The Morgan fingerprint density at radius 3 is 3.07 bits per heavy atom. The van der Waals surface area contributed by atoms with Gasteiger partial charge in [0, 0.05) is 31.7 Å². The number of fused-ring (bicyclic) bond motifs is 3. The number of para-hydroxylation sites is 1. The van der Waals surface area contributed by atoms with E-state index in [0.29, 0.717) is 19.6 Å². The number of nitrogens with one attached hydrogen (secondary N) is 2. The van der Waals surface area contributed by atoms with E-state index in [1.807, 2.05) is 36.4 Å². The number of hydrogen-bond acceptors (Lipinski definition) is 3. The molecule has 5 rings (SSSR count). The molecule has 6 nitrogen and oxygen atoms in total. The molecule has 2 aromatic carbocycles. The molecule has 3 heterocycles. The van der Waals surface area contributed by atoms with Crippen LogP contribution in [0.15, 0.2) is 42.5 Å². The zero-order chi connectivity index (χ0) is 19.1. The monoisotopic (exact) mass is 377 g/mol. The van der Waals surface area contributed by atoms with E-state index < -0.39 is 5.41 Å². The molecule has 1 fully saturated rings. The number of urea groups is 1. The number of carbonyl (C=O) groups is 2. The summed E-state index contributed by atoms with van der Waals surface area (Å²) in [6.07, 6.45) is 2.50.